The molecule has 2 heterocycles. The molecule has 1 aromatic heterocycles. The molecule has 1 saturated heterocycles. The second kappa shape index (κ2) is 10.2. The Morgan fingerprint density at radius 3 is 2.69 bits per heavy atom. The van der Waals surface area contributed by atoms with Crippen LogP contribution in [0.4, 0.5) is 0 Å². The Hall–Kier alpha value is -3.45. The van der Waals surface area contributed by atoms with E-state index in [9.17, 15) is 9.59 Å². The Balaban J connectivity index is 1.32. The van der Waals surface area contributed by atoms with Crippen molar-refractivity contribution in [3.63, 3.8) is 0 Å². The van der Waals surface area contributed by atoms with Crippen molar-refractivity contribution in [2.45, 2.75) is 39.0 Å². The lowest BCUT2D eigenvalue weighted by atomic mass is 10.0. The number of aromatic nitrogens is 2. The molecule has 1 unspecified atom stereocenters. The number of nitrogens with zero attached hydrogens (tertiary/aromatic N) is 3. The van der Waals surface area contributed by atoms with Crippen molar-refractivity contribution < 1.29 is 9.59 Å². The first-order chi connectivity index (χ1) is 15.6. The first-order valence-electron chi connectivity index (χ1n) is 11.0. The summed E-state index contributed by atoms with van der Waals surface area (Å²) in [6.45, 7) is 5.13. The van der Waals surface area contributed by atoms with Crippen LogP contribution in [0.25, 0.3) is 0 Å². The van der Waals surface area contributed by atoms with Crippen molar-refractivity contribution in [3.8, 4) is 0 Å². The highest BCUT2D eigenvalue weighted by molar-refractivity contribution is 5.88. The topological polar surface area (TPSA) is 79.3 Å². The van der Waals surface area contributed by atoms with Crippen LogP contribution in [0, 0.1) is 6.92 Å². The third kappa shape index (κ3) is 5.62. The van der Waals surface area contributed by atoms with E-state index in [0.717, 1.165) is 12.1 Å². The molecule has 2 N–H and O–H groups in total. The molecule has 1 fully saturated rings. The third-order valence-electron chi connectivity index (χ3n) is 5.82. The first kappa shape index (κ1) is 21.8. The molecule has 32 heavy (non-hydrogen) atoms. The molecule has 0 radical (unpaired) electrons. The molecule has 1 aliphatic rings. The maximum Gasteiger partial charge on any atom is 0.237 e. The van der Waals surface area contributed by atoms with Crippen LogP contribution in [0.1, 0.15) is 28.7 Å². The van der Waals surface area contributed by atoms with Gasteiger partial charge in [-0.15, -0.1) is 0 Å². The molecular weight excluding hydrogens is 402 g/mol. The van der Waals surface area contributed by atoms with Crippen LogP contribution in [-0.2, 0) is 29.2 Å². The highest BCUT2D eigenvalue weighted by Gasteiger charge is 2.31. The first-order valence-corrected chi connectivity index (χ1v) is 11.0. The molecule has 0 spiro atoms. The van der Waals surface area contributed by atoms with Gasteiger partial charge >= 0.3 is 0 Å². The summed E-state index contributed by atoms with van der Waals surface area (Å²) in [5, 5.41) is 10.2. The lowest BCUT2D eigenvalue weighted by Gasteiger charge is -2.35. The summed E-state index contributed by atoms with van der Waals surface area (Å²) in [5.74, 6) is -0.228. The zero-order valence-electron chi connectivity index (χ0n) is 18.3. The number of carbonyl (C=O) groups excluding carboxylic acids is 2. The van der Waals surface area contributed by atoms with Crippen LogP contribution < -0.4 is 10.6 Å². The molecular formula is C25H29N5O2. The minimum atomic E-state index is -0.468. The molecule has 1 aliphatic heterocycles. The zero-order valence-corrected chi connectivity index (χ0v) is 18.3. The number of carbonyl (C=O) groups is 2. The van der Waals surface area contributed by atoms with Crippen LogP contribution in [-0.4, -0.2) is 45.6 Å². The Bertz CT molecular complexity index is 1060. The number of hydrogen-bond acceptors (Lipinski definition) is 4. The number of nitrogens with one attached hydrogen (secondary N) is 2. The summed E-state index contributed by atoms with van der Waals surface area (Å²) in [7, 11) is 0. The maximum atomic E-state index is 12.6. The Kier molecular flexibility index (Phi) is 6.97. The quantitative estimate of drug-likeness (QED) is 0.573. The van der Waals surface area contributed by atoms with Crippen LogP contribution in [0.5, 0.6) is 0 Å². The molecule has 2 amide bonds. The predicted octanol–water partition coefficient (Wildman–Crippen LogP) is 2.25. The van der Waals surface area contributed by atoms with E-state index in [1.165, 1.54) is 16.7 Å². The molecule has 2 aromatic carbocycles. The van der Waals surface area contributed by atoms with Gasteiger partial charge in [0.15, 0.2) is 0 Å². The highest BCUT2D eigenvalue weighted by atomic mass is 16.2. The SMILES string of the molecule is Cc1ccccc1CN1CCNC(=O)C1CC(=O)NCc1cnn(Cc2ccccc2)c1. The summed E-state index contributed by atoms with van der Waals surface area (Å²) in [6, 6.07) is 17.8. The van der Waals surface area contributed by atoms with Crippen molar-refractivity contribution >= 4 is 11.8 Å². The number of benzene rings is 2. The molecule has 166 valence electrons. The minimum Gasteiger partial charge on any atom is -0.353 e. The molecule has 0 saturated carbocycles. The summed E-state index contributed by atoms with van der Waals surface area (Å²) >= 11 is 0. The molecule has 0 bridgehead atoms. The Labute approximate surface area is 188 Å². The van der Waals surface area contributed by atoms with Gasteiger partial charge in [-0.2, -0.15) is 5.10 Å². The zero-order chi connectivity index (χ0) is 22.3. The van der Waals surface area contributed by atoms with Crippen LogP contribution >= 0.6 is 0 Å². The van der Waals surface area contributed by atoms with E-state index in [0.29, 0.717) is 26.2 Å². The highest BCUT2D eigenvalue weighted by Crippen LogP contribution is 2.16. The van der Waals surface area contributed by atoms with Gasteiger partial charge in [0.05, 0.1) is 25.2 Å². The minimum absolute atomic E-state index is 0.0873. The van der Waals surface area contributed by atoms with Gasteiger partial charge in [-0.05, 0) is 23.6 Å². The lowest BCUT2D eigenvalue weighted by Crippen LogP contribution is -2.56. The fourth-order valence-electron chi connectivity index (χ4n) is 3.98. The van der Waals surface area contributed by atoms with E-state index in [2.05, 4.69) is 51.8 Å². The van der Waals surface area contributed by atoms with E-state index < -0.39 is 6.04 Å². The van der Waals surface area contributed by atoms with Gasteiger partial charge in [0.25, 0.3) is 0 Å². The third-order valence-corrected chi connectivity index (χ3v) is 5.82. The van der Waals surface area contributed by atoms with Crippen molar-refractivity contribution in [2.24, 2.45) is 0 Å². The Morgan fingerprint density at radius 1 is 1.09 bits per heavy atom. The largest absolute Gasteiger partial charge is 0.353 e. The van der Waals surface area contributed by atoms with E-state index in [-0.39, 0.29) is 18.2 Å². The average molecular weight is 432 g/mol. The molecule has 1 atom stereocenters. The second-order valence-electron chi connectivity index (χ2n) is 8.22. The molecule has 7 heteroatoms. The maximum absolute atomic E-state index is 12.6. The molecule has 7 nitrogen and oxygen atoms in total. The molecule has 4 rings (SSSR count). The summed E-state index contributed by atoms with van der Waals surface area (Å²) in [6.07, 6.45) is 3.84. The van der Waals surface area contributed by atoms with Crippen molar-refractivity contribution in [2.75, 3.05) is 13.1 Å². The van der Waals surface area contributed by atoms with Crippen molar-refractivity contribution in [1.82, 2.24) is 25.3 Å². The fourth-order valence-corrected chi connectivity index (χ4v) is 3.98. The van der Waals surface area contributed by atoms with E-state index in [4.69, 9.17) is 0 Å². The van der Waals surface area contributed by atoms with Gasteiger partial charge in [-0.1, -0.05) is 54.6 Å². The van der Waals surface area contributed by atoms with E-state index in [1.54, 1.807) is 6.20 Å². The molecule has 0 aliphatic carbocycles. The standard InChI is InChI=1S/C25H29N5O2/c1-19-7-5-6-10-22(19)18-29-12-11-26-25(32)23(29)13-24(31)27-14-21-15-28-30(17-21)16-20-8-3-2-4-9-20/h2-10,15,17,23H,11-14,16,18H2,1H3,(H,26,32)(H,27,31). The van der Waals surface area contributed by atoms with E-state index in [1.807, 2.05) is 41.2 Å². The smallest absolute Gasteiger partial charge is 0.237 e. The summed E-state index contributed by atoms with van der Waals surface area (Å²) in [5.41, 5.74) is 4.47. The van der Waals surface area contributed by atoms with E-state index >= 15 is 0 Å². The fraction of sp³-hybridized carbons (Fsp3) is 0.320. The number of aryl methyl sites for hydroxylation is 1. The normalized spacial score (nSPS) is 16.5. The van der Waals surface area contributed by atoms with Gasteiger partial charge in [0.1, 0.15) is 0 Å². The van der Waals surface area contributed by atoms with Gasteiger partial charge in [-0.25, -0.2) is 0 Å². The monoisotopic (exact) mass is 431 g/mol. The van der Waals surface area contributed by atoms with Crippen LogP contribution in [0.15, 0.2) is 67.0 Å². The van der Waals surface area contributed by atoms with Gasteiger partial charge in [0.2, 0.25) is 11.8 Å². The van der Waals surface area contributed by atoms with Gasteiger partial charge in [0, 0.05) is 37.9 Å². The number of piperazine rings is 1. The van der Waals surface area contributed by atoms with Crippen molar-refractivity contribution in [3.05, 3.63) is 89.2 Å². The predicted molar refractivity (Wildman–Crippen MR) is 123 cm³/mol. The number of amides is 2. The average Bonchev–Trinajstić information content (AvgIpc) is 3.24. The number of hydrogen-bond donors (Lipinski definition) is 2. The molecule has 3 aromatic rings. The lowest BCUT2D eigenvalue weighted by molar-refractivity contribution is -0.134. The summed E-state index contributed by atoms with van der Waals surface area (Å²) < 4.78 is 1.86. The van der Waals surface area contributed by atoms with Gasteiger partial charge < -0.3 is 10.6 Å². The van der Waals surface area contributed by atoms with Crippen LogP contribution in [0.2, 0.25) is 0 Å². The van der Waals surface area contributed by atoms with Gasteiger partial charge in [-0.3, -0.25) is 19.2 Å². The second-order valence-corrected chi connectivity index (χ2v) is 8.22. The Morgan fingerprint density at radius 2 is 1.88 bits per heavy atom. The summed E-state index contributed by atoms with van der Waals surface area (Å²) in [4.78, 5) is 27.3. The van der Waals surface area contributed by atoms with Crippen LogP contribution in [0.3, 0.4) is 0 Å². The number of rotatable bonds is 8. The van der Waals surface area contributed by atoms with Crippen molar-refractivity contribution in [1.29, 1.82) is 0 Å².